The van der Waals surface area contributed by atoms with E-state index in [0.29, 0.717) is 12.2 Å². The monoisotopic (exact) mass is 560 g/mol. The Labute approximate surface area is 220 Å². The summed E-state index contributed by atoms with van der Waals surface area (Å²) in [5.41, 5.74) is 0.312. The van der Waals surface area contributed by atoms with Gasteiger partial charge < -0.3 is 24.8 Å². The average molecular weight is 561 g/mol. The molecule has 0 spiro atoms. The molecule has 1 saturated carbocycles. The van der Waals surface area contributed by atoms with Crippen LogP contribution in [0.25, 0.3) is 0 Å². The predicted octanol–water partition coefficient (Wildman–Crippen LogP) is 4.97. The number of halogens is 1. The largest absolute Gasteiger partial charge is 0.492 e. The van der Waals surface area contributed by atoms with Crippen LogP contribution in [0.1, 0.15) is 51.5 Å². The summed E-state index contributed by atoms with van der Waals surface area (Å²) < 4.78 is 12.2. The first-order valence-electron chi connectivity index (χ1n) is 12.0. The van der Waals surface area contributed by atoms with Crippen LogP contribution < -0.4 is 10.1 Å². The van der Waals surface area contributed by atoms with Crippen molar-refractivity contribution in [2.24, 2.45) is 0 Å². The highest BCUT2D eigenvalue weighted by molar-refractivity contribution is 9.10. The summed E-state index contributed by atoms with van der Waals surface area (Å²) in [6.07, 6.45) is -0.437. The molecule has 0 heterocycles. The molecule has 2 amide bonds. The Morgan fingerprint density at radius 2 is 1.75 bits per heavy atom. The lowest BCUT2D eigenvalue weighted by molar-refractivity contribution is -0.138. The van der Waals surface area contributed by atoms with Gasteiger partial charge >= 0.3 is 12.1 Å². The minimum absolute atomic E-state index is 0.0670. The molecule has 2 N–H and O–H groups in total. The summed E-state index contributed by atoms with van der Waals surface area (Å²) in [6, 6.07) is 16.0. The van der Waals surface area contributed by atoms with E-state index >= 15 is 0 Å². The van der Waals surface area contributed by atoms with Gasteiger partial charge in [-0.1, -0.05) is 46.3 Å². The summed E-state index contributed by atoms with van der Waals surface area (Å²) >= 11 is 3.36. The van der Waals surface area contributed by atoms with Crippen LogP contribution in [0, 0.1) is 0 Å². The summed E-state index contributed by atoms with van der Waals surface area (Å²) in [6.45, 7) is 5.78. The Morgan fingerprint density at radius 1 is 1.08 bits per heavy atom. The predicted molar refractivity (Wildman–Crippen MR) is 139 cm³/mol. The molecule has 0 radical (unpaired) electrons. The molecule has 3 rings (SSSR count). The van der Waals surface area contributed by atoms with Gasteiger partial charge in [0.15, 0.2) is 0 Å². The van der Waals surface area contributed by atoms with Crippen LogP contribution in [0.2, 0.25) is 0 Å². The molecule has 36 heavy (non-hydrogen) atoms. The van der Waals surface area contributed by atoms with Crippen molar-refractivity contribution in [1.29, 1.82) is 0 Å². The van der Waals surface area contributed by atoms with Crippen LogP contribution in [-0.4, -0.2) is 58.8 Å². The smallest absolute Gasteiger partial charge is 0.410 e. The molecule has 1 unspecified atom stereocenters. The van der Waals surface area contributed by atoms with Gasteiger partial charge in [0.1, 0.15) is 18.0 Å². The van der Waals surface area contributed by atoms with E-state index in [1.54, 1.807) is 20.8 Å². The van der Waals surface area contributed by atoms with E-state index in [0.717, 1.165) is 10.0 Å². The molecule has 1 aliphatic carbocycles. The van der Waals surface area contributed by atoms with Crippen LogP contribution in [-0.2, 0) is 14.3 Å². The molecule has 9 heteroatoms. The normalized spacial score (nSPS) is 17.6. The van der Waals surface area contributed by atoms with E-state index in [9.17, 15) is 19.5 Å². The van der Waals surface area contributed by atoms with E-state index in [-0.39, 0.29) is 43.9 Å². The van der Waals surface area contributed by atoms with Crippen molar-refractivity contribution >= 4 is 33.9 Å². The summed E-state index contributed by atoms with van der Waals surface area (Å²) in [7, 11) is 0. The van der Waals surface area contributed by atoms with E-state index in [1.165, 1.54) is 4.90 Å². The first-order valence-corrected chi connectivity index (χ1v) is 12.8. The third-order valence-corrected chi connectivity index (χ3v) is 6.21. The van der Waals surface area contributed by atoms with Crippen molar-refractivity contribution in [3.8, 4) is 5.75 Å². The number of ether oxygens (including phenoxy) is 2. The molecule has 194 valence electrons. The fourth-order valence-corrected chi connectivity index (χ4v) is 4.33. The molecule has 1 fully saturated rings. The molecule has 2 aromatic rings. The minimum atomic E-state index is -1.09. The van der Waals surface area contributed by atoms with Crippen LogP contribution in [0.5, 0.6) is 5.75 Å². The summed E-state index contributed by atoms with van der Waals surface area (Å²) in [5, 5.41) is 12.3. The van der Waals surface area contributed by atoms with Crippen molar-refractivity contribution in [1.82, 2.24) is 10.2 Å². The Morgan fingerprint density at radius 3 is 2.36 bits per heavy atom. The number of benzene rings is 2. The standard InChI is InChI=1S/C27H33BrN2O6/c1-27(2,3)36-26(34)30(23-17-22(23)18-7-5-4-6-8-18)20(16-25(32)33)15-24(31)29-13-14-35-21-11-9-19(28)10-12-21/h4-12,20,22-23H,13-17H2,1-3H3,(H,29,31)(H,32,33)/t20?,22-,23+/m0/s1. The molecule has 3 atom stereocenters. The summed E-state index contributed by atoms with van der Waals surface area (Å²) in [4.78, 5) is 39.1. The summed E-state index contributed by atoms with van der Waals surface area (Å²) in [5.74, 6) is -0.701. The Hall–Kier alpha value is -3.07. The number of carbonyl (C=O) groups excluding carboxylic acids is 2. The number of nitrogens with zero attached hydrogens (tertiary/aromatic N) is 1. The number of aliphatic carboxylic acids is 1. The van der Waals surface area contributed by atoms with E-state index in [2.05, 4.69) is 21.2 Å². The average Bonchev–Trinajstić information content (AvgIpc) is 3.57. The van der Waals surface area contributed by atoms with Crippen molar-refractivity contribution in [2.45, 2.75) is 63.6 Å². The number of carboxylic acid groups (broad SMARTS) is 1. The fraction of sp³-hybridized carbons (Fsp3) is 0.444. The lowest BCUT2D eigenvalue weighted by atomic mass is 10.1. The highest BCUT2D eigenvalue weighted by Crippen LogP contribution is 2.46. The maximum absolute atomic E-state index is 13.2. The number of rotatable bonds is 11. The van der Waals surface area contributed by atoms with Crippen LogP contribution in [0.3, 0.4) is 0 Å². The topological polar surface area (TPSA) is 105 Å². The Bertz CT molecular complexity index is 1040. The number of carbonyl (C=O) groups is 3. The number of amides is 2. The first kappa shape index (κ1) is 27.5. The first-order chi connectivity index (χ1) is 17.0. The molecule has 8 nitrogen and oxygen atoms in total. The van der Waals surface area contributed by atoms with Crippen molar-refractivity contribution in [2.75, 3.05) is 13.2 Å². The zero-order valence-corrected chi connectivity index (χ0v) is 22.4. The highest BCUT2D eigenvalue weighted by atomic mass is 79.9. The fourth-order valence-electron chi connectivity index (χ4n) is 4.06. The SMILES string of the molecule is CC(C)(C)OC(=O)N(C(CC(=O)O)CC(=O)NCCOc1ccc(Br)cc1)[C@@H]1C[C@H]1c1ccccc1. The number of nitrogens with one attached hydrogen (secondary N) is 1. The van der Waals surface area contributed by atoms with Gasteiger partial charge in [-0.25, -0.2) is 4.79 Å². The Balaban J connectivity index is 1.66. The van der Waals surface area contributed by atoms with Gasteiger partial charge in [0.2, 0.25) is 5.91 Å². The van der Waals surface area contributed by atoms with Crippen LogP contribution in [0.4, 0.5) is 4.79 Å². The lowest BCUT2D eigenvalue weighted by Crippen LogP contribution is -2.48. The molecule has 0 saturated heterocycles. The minimum Gasteiger partial charge on any atom is -0.492 e. The number of carboxylic acids is 1. The van der Waals surface area contributed by atoms with Crippen molar-refractivity contribution in [3.63, 3.8) is 0 Å². The molecular weight excluding hydrogens is 528 g/mol. The molecule has 1 aliphatic rings. The maximum atomic E-state index is 13.2. The third kappa shape index (κ3) is 8.55. The molecule has 0 aliphatic heterocycles. The van der Waals surface area contributed by atoms with Gasteiger partial charge in [-0.3, -0.25) is 9.59 Å². The van der Waals surface area contributed by atoms with Crippen molar-refractivity contribution in [3.05, 3.63) is 64.6 Å². The molecule has 0 aromatic heterocycles. The maximum Gasteiger partial charge on any atom is 0.410 e. The van der Waals surface area contributed by atoms with Crippen LogP contribution in [0.15, 0.2) is 59.1 Å². The van der Waals surface area contributed by atoms with Gasteiger partial charge in [-0.15, -0.1) is 0 Å². The zero-order valence-electron chi connectivity index (χ0n) is 20.8. The van der Waals surface area contributed by atoms with E-state index in [1.807, 2.05) is 54.6 Å². The molecular formula is C27H33BrN2O6. The van der Waals surface area contributed by atoms with Gasteiger partial charge in [0.05, 0.1) is 19.0 Å². The second-order valence-corrected chi connectivity index (χ2v) is 10.7. The van der Waals surface area contributed by atoms with Gasteiger partial charge in [0.25, 0.3) is 0 Å². The van der Waals surface area contributed by atoms with Gasteiger partial charge in [0, 0.05) is 22.9 Å². The second-order valence-electron chi connectivity index (χ2n) is 9.82. The lowest BCUT2D eigenvalue weighted by Gasteiger charge is -2.33. The second kappa shape index (κ2) is 12.3. The molecule has 2 aromatic carbocycles. The van der Waals surface area contributed by atoms with E-state index in [4.69, 9.17) is 9.47 Å². The zero-order chi connectivity index (χ0) is 26.3. The van der Waals surface area contributed by atoms with E-state index < -0.39 is 23.7 Å². The third-order valence-electron chi connectivity index (χ3n) is 5.68. The highest BCUT2D eigenvalue weighted by Gasteiger charge is 2.49. The van der Waals surface area contributed by atoms with Gasteiger partial charge in [-0.2, -0.15) is 0 Å². The quantitative estimate of drug-likeness (QED) is 0.376. The number of hydrogen-bond acceptors (Lipinski definition) is 5. The van der Waals surface area contributed by atoms with Crippen LogP contribution >= 0.6 is 15.9 Å². The van der Waals surface area contributed by atoms with Crippen molar-refractivity contribution < 1.29 is 29.0 Å². The van der Waals surface area contributed by atoms with Gasteiger partial charge in [-0.05, 0) is 57.0 Å². The number of hydrogen-bond donors (Lipinski definition) is 2. The molecule has 0 bridgehead atoms. The Kier molecular flexibility index (Phi) is 9.37.